The van der Waals surface area contributed by atoms with Gasteiger partial charge in [-0.05, 0) is 44.7 Å². The summed E-state index contributed by atoms with van der Waals surface area (Å²) in [4.78, 5) is 32.4. The number of fused-ring (bicyclic) bond motifs is 4. The van der Waals surface area contributed by atoms with Gasteiger partial charge in [-0.25, -0.2) is 9.67 Å². The van der Waals surface area contributed by atoms with Gasteiger partial charge in [0.2, 0.25) is 5.91 Å². The summed E-state index contributed by atoms with van der Waals surface area (Å²) in [7, 11) is 1.99. The summed E-state index contributed by atoms with van der Waals surface area (Å²) in [5, 5.41) is 20.5. The number of nitrogens with one attached hydrogen (secondary N) is 3. The highest BCUT2D eigenvalue weighted by atomic mass is 16.2. The van der Waals surface area contributed by atoms with Gasteiger partial charge in [-0.1, -0.05) is 6.07 Å². The highest BCUT2D eigenvalue weighted by Crippen LogP contribution is 2.57. The molecule has 2 saturated carbocycles. The van der Waals surface area contributed by atoms with Crippen molar-refractivity contribution in [3.63, 3.8) is 0 Å². The van der Waals surface area contributed by atoms with Crippen molar-refractivity contribution in [1.29, 1.82) is 0 Å². The first-order valence-electron chi connectivity index (χ1n) is 12.6. The van der Waals surface area contributed by atoms with Crippen LogP contribution in [0.15, 0.2) is 24.4 Å². The van der Waals surface area contributed by atoms with Crippen LogP contribution in [0.4, 0.5) is 22.7 Å². The standard InChI is InChI=1S/C23H25N9O2/c1-12-26-22-23(9-10-23)31(3)19-14(5-4-6-16(19)32(22)30-12)27-17-15(28-20(33)13-7-8-13)11-25-29-18(17)21(34)24-2/h4-6,11,13H,7-10H2,1-3H3,(H,24,34)(H,25,27)(H,28,29,33)/i2D3. The van der Waals surface area contributed by atoms with E-state index < -0.39 is 12.9 Å². The molecule has 174 valence electrons. The molecule has 6 rings (SSSR count). The summed E-state index contributed by atoms with van der Waals surface area (Å²) >= 11 is 0. The normalized spacial score (nSPS) is 18.8. The van der Waals surface area contributed by atoms with Crippen molar-refractivity contribution in [3.05, 3.63) is 41.7 Å². The predicted octanol–water partition coefficient (Wildman–Crippen LogP) is 2.26. The Morgan fingerprint density at radius 3 is 2.79 bits per heavy atom. The van der Waals surface area contributed by atoms with E-state index in [1.54, 1.807) is 0 Å². The molecular weight excluding hydrogens is 434 g/mol. The molecule has 2 amide bonds. The number of anilines is 4. The lowest BCUT2D eigenvalue weighted by atomic mass is 10.1. The molecule has 2 aromatic heterocycles. The second kappa shape index (κ2) is 7.24. The molecule has 1 aliphatic heterocycles. The van der Waals surface area contributed by atoms with Gasteiger partial charge in [-0.3, -0.25) is 9.59 Å². The Bertz CT molecular complexity index is 1440. The topological polar surface area (TPSA) is 130 Å². The molecule has 3 N–H and O–H groups in total. The minimum absolute atomic E-state index is 0.0972. The van der Waals surface area contributed by atoms with Gasteiger partial charge in [-0.15, -0.1) is 5.10 Å². The van der Waals surface area contributed by atoms with Crippen LogP contribution in [0.1, 0.15) is 51.9 Å². The number of carbonyl (C=O) groups is 2. The Morgan fingerprint density at radius 2 is 2.06 bits per heavy atom. The molecule has 11 heteroatoms. The zero-order valence-electron chi connectivity index (χ0n) is 21.7. The molecule has 1 spiro atoms. The van der Waals surface area contributed by atoms with E-state index in [2.05, 4.69) is 35.8 Å². The number of amides is 2. The number of nitrogens with zero attached hydrogens (tertiary/aromatic N) is 6. The largest absolute Gasteiger partial charge is 0.358 e. The molecule has 3 aliphatic rings. The molecule has 2 aliphatic carbocycles. The number of hydrogen-bond donors (Lipinski definition) is 3. The van der Waals surface area contributed by atoms with Crippen LogP contribution in [-0.2, 0) is 10.3 Å². The first-order chi connectivity index (χ1) is 17.6. The third-order valence-corrected chi connectivity index (χ3v) is 6.72. The van der Waals surface area contributed by atoms with Gasteiger partial charge in [0, 0.05) is 24.1 Å². The first-order valence-corrected chi connectivity index (χ1v) is 11.1. The van der Waals surface area contributed by atoms with E-state index in [0.29, 0.717) is 11.5 Å². The molecule has 2 fully saturated rings. The van der Waals surface area contributed by atoms with Crippen molar-refractivity contribution in [3.8, 4) is 5.69 Å². The molecule has 0 unspecified atom stereocenters. The minimum atomic E-state index is -2.73. The number of hydrogen-bond acceptors (Lipinski definition) is 8. The van der Waals surface area contributed by atoms with Gasteiger partial charge in [0.05, 0.1) is 34.6 Å². The second-order valence-electron chi connectivity index (χ2n) is 8.98. The molecule has 0 atom stereocenters. The summed E-state index contributed by atoms with van der Waals surface area (Å²) < 4.78 is 24.2. The van der Waals surface area contributed by atoms with E-state index in [9.17, 15) is 9.59 Å². The van der Waals surface area contributed by atoms with E-state index >= 15 is 0 Å². The van der Waals surface area contributed by atoms with Crippen LogP contribution >= 0.6 is 0 Å². The first kappa shape index (κ1) is 17.5. The maximum Gasteiger partial charge on any atom is 0.273 e. The van der Waals surface area contributed by atoms with Crippen molar-refractivity contribution < 1.29 is 13.7 Å². The van der Waals surface area contributed by atoms with Gasteiger partial charge in [0.1, 0.15) is 11.4 Å². The molecule has 34 heavy (non-hydrogen) atoms. The van der Waals surface area contributed by atoms with Crippen LogP contribution < -0.4 is 20.9 Å². The van der Waals surface area contributed by atoms with E-state index in [4.69, 9.17) is 4.11 Å². The van der Waals surface area contributed by atoms with Crippen molar-refractivity contribution >= 4 is 34.6 Å². The van der Waals surface area contributed by atoms with Crippen LogP contribution in [0, 0.1) is 12.8 Å². The maximum absolute atomic E-state index is 12.9. The van der Waals surface area contributed by atoms with Gasteiger partial charge in [0.25, 0.3) is 5.91 Å². The smallest absolute Gasteiger partial charge is 0.273 e. The number of aromatic nitrogens is 5. The summed E-state index contributed by atoms with van der Waals surface area (Å²) in [5.74, 6) is 0.333. The van der Waals surface area contributed by atoms with Crippen LogP contribution in [0.5, 0.6) is 0 Å². The third kappa shape index (κ3) is 3.03. The van der Waals surface area contributed by atoms with Gasteiger partial charge in [-0.2, -0.15) is 10.2 Å². The van der Waals surface area contributed by atoms with Crippen molar-refractivity contribution in [2.45, 2.75) is 38.1 Å². The molecular formula is C23H25N9O2. The molecule has 0 radical (unpaired) electrons. The number of para-hydroxylation sites is 1. The summed E-state index contributed by atoms with van der Waals surface area (Å²) in [6.45, 7) is -0.869. The Labute approximate surface area is 200 Å². The van der Waals surface area contributed by atoms with Gasteiger partial charge in [0.15, 0.2) is 11.5 Å². The Morgan fingerprint density at radius 1 is 1.24 bits per heavy atom. The number of rotatable bonds is 5. The highest BCUT2D eigenvalue weighted by Gasteiger charge is 2.55. The van der Waals surface area contributed by atoms with E-state index in [1.807, 2.05) is 42.2 Å². The molecule has 0 bridgehead atoms. The fourth-order valence-corrected chi connectivity index (χ4v) is 4.62. The monoisotopic (exact) mass is 462 g/mol. The average Bonchev–Trinajstić information content (AvgIpc) is 3.75. The molecule has 3 heterocycles. The zero-order valence-corrected chi connectivity index (χ0v) is 18.7. The Hall–Kier alpha value is -4.02. The molecule has 1 aromatic carbocycles. The average molecular weight is 463 g/mol. The predicted molar refractivity (Wildman–Crippen MR) is 125 cm³/mol. The lowest BCUT2D eigenvalue weighted by molar-refractivity contribution is -0.117. The quantitative estimate of drug-likeness (QED) is 0.526. The fraction of sp³-hybridized carbons (Fsp3) is 0.391. The maximum atomic E-state index is 12.9. The van der Waals surface area contributed by atoms with E-state index in [-0.39, 0.29) is 34.4 Å². The molecule has 3 aromatic rings. The van der Waals surface area contributed by atoms with Crippen molar-refractivity contribution in [2.75, 3.05) is 29.6 Å². The van der Waals surface area contributed by atoms with Crippen LogP contribution in [0.2, 0.25) is 0 Å². The zero-order chi connectivity index (χ0) is 26.1. The van der Waals surface area contributed by atoms with Crippen molar-refractivity contribution in [2.24, 2.45) is 5.92 Å². The van der Waals surface area contributed by atoms with Gasteiger partial charge >= 0.3 is 0 Å². The van der Waals surface area contributed by atoms with E-state index in [1.165, 1.54) is 6.20 Å². The lowest BCUT2D eigenvalue weighted by Crippen LogP contribution is -2.39. The highest BCUT2D eigenvalue weighted by molar-refractivity contribution is 6.05. The summed E-state index contributed by atoms with van der Waals surface area (Å²) in [5.41, 5.74) is 2.11. The SMILES string of the molecule is [2H]C([2H])([2H])NC(=O)c1nncc(NC(=O)C2CC2)c1Nc1cccc2c1N(C)C1(CC1)c1nc(C)nn1-2. The second-order valence-corrected chi connectivity index (χ2v) is 8.98. The number of benzene rings is 1. The van der Waals surface area contributed by atoms with Gasteiger partial charge < -0.3 is 20.9 Å². The number of aryl methyl sites for hydroxylation is 1. The Kier molecular flexibility index (Phi) is 3.72. The third-order valence-electron chi connectivity index (χ3n) is 6.72. The van der Waals surface area contributed by atoms with Crippen LogP contribution in [0.3, 0.4) is 0 Å². The lowest BCUT2D eigenvalue weighted by Gasteiger charge is -2.37. The molecule has 11 nitrogen and oxygen atoms in total. The fourth-order valence-electron chi connectivity index (χ4n) is 4.62. The molecule has 0 saturated heterocycles. The Balaban J connectivity index is 1.46. The van der Waals surface area contributed by atoms with Crippen LogP contribution in [0.25, 0.3) is 5.69 Å². The summed E-state index contributed by atoms with van der Waals surface area (Å²) in [6, 6.07) is 5.63. The minimum Gasteiger partial charge on any atom is -0.358 e. The summed E-state index contributed by atoms with van der Waals surface area (Å²) in [6.07, 6.45) is 4.76. The van der Waals surface area contributed by atoms with Crippen molar-refractivity contribution in [1.82, 2.24) is 30.3 Å². The van der Waals surface area contributed by atoms with E-state index in [0.717, 1.165) is 42.9 Å². The number of carbonyl (C=O) groups excluding carboxylic acids is 2. The van der Waals surface area contributed by atoms with Crippen LogP contribution in [-0.4, -0.2) is 50.8 Å².